The molecular weight excluding hydrogens is 298 g/mol. The van der Waals surface area contributed by atoms with Crippen LogP contribution in [-0.4, -0.2) is 54.0 Å². The molecule has 2 N–H and O–H groups in total. The maximum Gasteiger partial charge on any atom is 0.191 e. The Morgan fingerprint density at radius 1 is 1.27 bits per heavy atom. The Labute approximate surface area is 137 Å². The van der Waals surface area contributed by atoms with Crippen LogP contribution in [0.5, 0.6) is 0 Å². The molecule has 1 aliphatic heterocycles. The summed E-state index contributed by atoms with van der Waals surface area (Å²) in [6, 6.07) is 0.398. The van der Waals surface area contributed by atoms with E-state index in [1.165, 1.54) is 0 Å². The molecule has 6 heteroatoms. The maximum atomic E-state index is 12.0. The van der Waals surface area contributed by atoms with Gasteiger partial charge in [-0.3, -0.25) is 9.20 Å². The van der Waals surface area contributed by atoms with E-state index in [9.17, 15) is 4.21 Å². The highest BCUT2D eigenvalue weighted by Crippen LogP contribution is 2.23. The van der Waals surface area contributed by atoms with Gasteiger partial charge in [0.25, 0.3) is 0 Å². The molecule has 0 bridgehead atoms. The third-order valence-electron chi connectivity index (χ3n) is 4.75. The summed E-state index contributed by atoms with van der Waals surface area (Å²) >= 11 is 0. The van der Waals surface area contributed by atoms with Crippen LogP contribution >= 0.6 is 0 Å². The first-order valence-corrected chi connectivity index (χ1v) is 10.0. The third kappa shape index (κ3) is 5.54. The standard InChI is InChI=1S/C16H31N3O2S/c1-3-22(20)15-6-4-5-14(11-15)19-16(17-2)18-12-13-7-9-21-10-8-13/h13-15H,3-12H2,1-2H3,(H2,17,18,19). The van der Waals surface area contributed by atoms with Gasteiger partial charge in [0.05, 0.1) is 0 Å². The number of guanidine groups is 1. The zero-order valence-electron chi connectivity index (χ0n) is 14.0. The van der Waals surface area contributed by atoms with Gasteiger partial charge in [-0.05, 0) is 38.0 Å². The van der Waals surface area contributed by atoms with Gasteiger partial charge < -0.3 is 15.4 Å². The predicted octanol–water partition coefficient (Wildman–Crippen LogP) is 1.66. The monoisotopic (exact) mass is 329 g/mol. The molecule has 128 valence electrons. The van der Waals surface area contributed by atoms with Crippen LogP contribution in [0.25, 0.3) is 0 Å². The second kappa shape index (κ2) is 9.50. The van der Waals surface area contributed by atoms with Gasteiger partial charge in [0, 0.05) is 54.7 Å². The minimum Gasteiger partial charge on any atom is -0.381 e. The van der Waals surface area contributed by atoms with E-state index in [0.29, 0.717) is 17.2 Å². The fourth-order valence-electron chi connectivity index (χ4n) is 3.33. The van der Waals surface area contributed by atoms with Crippen molar-refractivity contribution in [1.82, 2.24) is 10.6 Å². The topological polar surface area (TPSA) is 62.7 Å². The average molecular weight is 330 g/mol. The van der Waals surface area contributed by atoms with Crippen molar-refractivity contribution in [2.24, 2.45) is 10.9 Å². The Morgan fingerprint density at radius 3 is 2.73 bits per heavy atom. The summed E-state index contributed by atoms with van der Waals surface area (Å²) < 4.78 is 17.4. The summed E-state index contributed by atoms with van der Waals surface area (Å²) in [5.41, 5.74) is 0. The molecule has 0 aromatic rings. The van der Waals surface area contributed by atoms with Gasteiger partial charge >= 0.3 is 0 Å². The number of rotatable bonds is 5. The fraction of sp³-hybridized carbons (Fsp3) is 0.938. The molecule has 2 fully saturated rings. The summed E-state index contributed by atoms with van der Waals surface area (Å²) in [7, 11) is 1.15. The normalized spacial score (nSPS) is 29.1. The van der Waals surface area contributed by atoms with Gasteiger partial charge in [0.15, 0.2) is 5.96 Å². The van der Waals surface area contributed by atoms with Gasteiger partial charge in [-0.15, -0.1) is 0 Å². The summed E-state index contributed by atoms with van der Waals surface area (Å²) in [6.07, 6.45) is 6.67. The summed E-state index contributed by atoms with van der Waals surface area (Å²) in [6.45, 7) is 4.73. The Bertz CT molecular complexity index is 384. The lowest BCUT2D eigenvalue weighted by atomic mass is 9.95. The van der Waals surface area contributed by atoms with Crippen LogP contribution in [0, 0.1) is 5.92 Å². The molecule has 0 aromatic heterocycles. The van der Waals surface area contributed by atoms with Gasteiger partial charge in [-0.2, -0.15) is 0 Å². The van der Waals surface area contributed by atoms with Crippen LogP contribution in [0.3, 0.4) is 0 Å². The van der Waals surface area contributed by atoms with E-state index >= 15 is 0 Å². The summed E-state index contributed by atoms with van der Waals surface area (Å²) in [4.78, 5) is 4.34. The Kier molecular flexibility index (Phi) is 7.66. The largest absolute Gasteiger partial charge is 0.381 e. The second-order valence-corrected chi connectivity index (χ2v) is 8.31. The Morgan fingerprint density at radius 2 is 2.05 bits per heavy atom. The summed E-state index contributed by atoms with van der Waals surface area (Å²) in [5.74, 6) is 2.34. The van der Waals surface area contributed by atoms with Crippen molar-refractivity contribution in [1.29, 1.82) is 0 Å². The van der Waals surface area contributed by atoms with Crippen molar-refractivity contribution in [2.45, 2.75) is 56.7 Å². The first kappa shape index (κ1) is 17.7. The van der Waals surface area contributed by atoms with E-state index in [4.69, 9.17) is 4.74 Å². The third-order valence-corrected chi connectivity index (χ3v) is 6.49. The van der Waals surface area contributed by atoms with E-state index in [2.05, 4.69) is 15.6 Å². The smallest absolute Gasteiger partial charge is 0.191 e. The molecule has 0 spiro atoms. The van der Waals surface area contributed by atoms with Crippen LogP contribution in [0.4, 0.5) is 0 Å². The zero-order valence-corrected chi connectivity index (χ0v) is 14.8. The lowest BCUT2D eigenvalue weighted by Gasteiger charge is -2.31. The lowest BCUT2D eigenvalue weighted by Crippen LogP contribution is -2.47. The molecule has 1 aliphatic carbocycles. The van der Waals surface area contributed by atoms with E-state index in [0.717, 1.165) is 70.0 Å². The number of nitrogens with one attached hydrogen (secondary N) is 2. The maximum absolute atomic E-state index is 12.0. The molecule has 1 saturated heterocycles. The molecule has 0 aromatic carbocycles. The van der Waals surface area contributed by atoms with Crippen LogP contribution in [0.2, 0.25) is 0 Å². The lowest BCUT2D eigenvalue weighted by molar-refractivity contribution is 0.0675. The first-order chi connectivity index (χ1) is 10.7. The van der Waals surface area contributed by atoms with Crippen LogP contribution < -0.4 is 10.6 Å². The van der Waals surface area contributed by atoms with Crippen molar-refractivity contribution < 1.29 is 8.95 Å². The highest BCUT2D eigenvalue weighted by atomic mass is 32.2. The first-order valence-electron chi connectivity index (χ1n) is 8.65. The Hall–Kier alpha value is -0.620. The van der Waals surface area contributed by atoms with Gasteiger partial charge in [0.2, 0.25) is 0 Å². The van der Waals surface area contributed by atoms with E-state index < -0.39 is 10.8 Å². The number of nitrogens with zero attached hydrogens (tertiary/aromatic N) is 1. The van der Waals surface area contributed by atoms with Gasteiger partial charge in [0.1, 0.15) is 0 Å². The molecule has 1 heterocycles. The van der Waals surface area contributed by atoms with Crippen molar-refractivity contribution in [3.05, 3.63) is 0 Å². The zero-order chi connectivity index (χ0) is 15.8. The average Bonchev–Trinajstić information content (AvgIpc) is 2.59. The van der Waals surface area contributed by atoms with Crippen molar-refractivity contribution in [3.63, 3.8) is 0 Å². The Balaban J connectivity index is 1.75. The predicted molar refractivity (Wildman–Crippen MR) is 92.8 cm³/mol. The molecular formula is C16H31N3O2S. The van der Waals surface area contributed by atoms with Crippen LogP contribution in [0.15, 0.2) is 4.99 Å². The number of ether oxygens (including phenoxy) is 1. The fourth-order valence-corrected chi connectivity index (χ4v) is 4.68. The molecule has 3 unspecified atom stereocenters. The number of hydrogen-bond donors (Lipinski definition) is 2. The molecule has 2 aliphatic rings. The molecule has 2 rings (SSSR count). The van der Waals surface area contributed by atoms with Gasteiger partial charge in [-0.1, -0.05) is 13.3 Å². The molecule has 5 nitrogen and oxygen atoms in total. The molecule has 1 saturated carbocycles. The van der Waals surface area contributed by atoms with Crippen LogP contribution in [-0.2, 0) is 15.5 Å². The van der Waals surface area contributed by atoms with E-state index in [1.807, 2.05) is 14.0 Å². The quantitative estimate of drug-likeness (QED) is 0.595. The van der Waals surface area contributed by atoms with Crippen molar-refractivity contribution >= 4 is 16.8 Å². The van der Waals surface area contributed by atoms with Crippen LogP contribution in [0.1, 0.15) is 45.4 Å². The van der Waals surface area contributed by atoms with E-state index in [-0.39, 0.29) is 0 Å². The molecule has 22 heavy (non-hydrogen) atoms. The van der Waals surface area contributed by atoms with Crippen molar-refractivity contribution in [3.8, 4) is 0 Å². The SMILES string of the molecule is CCS(=O)C1CCCC(NC(=NC)NCC2CCOCC2)C1. The minimum atomic E-state index is -0.673. The molecule has 0 radical (unpaired) electrons. The highest BCUT2D eigenvalue weighted by Gasteiger charge is 2.26. The van der Waals surface area contributed by atoms with Gasteiger partial charge in [-0.25, -0.2) is 0 Å². The summed E-state index contributed by atoms with van der Waals surface area (Å²) in [5, 5.41) is 7.33. The number of aliphatic imine (C=N–C) groups is 1. The molecule has 3 atom stereocenters. The van der Waals surface area contributed by atoms with E-state index in [1.54, 1.807) is 0 Å². The second-order valence-electron chi connectivity index (χ2n) is 6.31. The van der Waals surface area contributed by atoms with Crippen molar-refractivity contribution in [2.75, 3.05) is 32.6 Å². The highest BCUT2D eigenvalue weighted by molar-refractivity contribution is 7.85. The molecule has 0 amide bonds. The number of hydrogen-bond acceptors (Lipinski definition) is 3. The minimum absolute atomic E-state index is 0.352.